The van der Waals surface area contributed by atoms with E-state index in [-0.39, 0.29) is 23.6 Å². The van der Waals surface area contributed by atoms with Crippen molar-refractivity contribution in [3.05, 3.63) is 53.8 Å². The number of hydrogen-bond acceptors (Lipinski definition) is 4. The molecule has 3 rings (SSSR count). The summed E-state index contributed by atoms with van der Waals surface area (Å²) in [5.74, 6) is -1.40. The summed E-state index contributed by atoms with van der Waals surface area (Å²) in [5.41, 5.74) is -0.105. The van der Waals surface area contributed by atoms with Gasteiger partial charge in [-0.2, -0.15) is 4.31 Å². The van der Waals surface area contributed by atoms with Crippen molar-refractivity contribution in [2.24, 2.45) is 0 Å². The highest BCUT2D eigenvalue weighted by atomic mass is 32.2. The first kappa shape index (κ1) is 15.1. The van der Waals surface area contributed by atoms with Gasteiger partial charge in [-0.05, 0) is 36.8 Å². The molecule has 1 N–H and O–H groups in total. The van der Waals surface area contributed by atoms with Crippen LogP contribution in [-0.4, -0.2) is 30.5 Å². The van der Waals surface area contributed by atoms with E-state index in [2.05, 4.69) is 0 Å². The van der Waals surface area contributed by atoms with Crippen LogP contribution in [0.4, 0.5) is 8.78 Å². The summed E-state index contributed by atoms with van der Waals surface area (Å²) in [6.07, 6.45) is 0.231. The van der Waals surface area contributed by atoms with Crippen LogP contribution in [0.2, 0.25) is 0 Å². The third kappa shape index (κ3) is 2.53. The first-order valence-corrected chi connectivity index (χ1v) is 8.02. The van der Waals surface area contributed by atoms with E-state index in [9.17, 15) is 22.3 Å². The van der Waals surface area contributed by atoms with Crippen LogP contribution < -0.4 is 0 Å². The zero-order chi connectivity index (χ0) is 15.9. The first-order chi connectivity index (χ1) is 10.4. The maximum Gasteiger partial charge on any atom is 0.277 e. The van der Waals surface area contributed by atoms with Crippen LogP contribution in [0.5, 0.6) is 0 Å². The minimum absolute atomic E-state index is 0.0136. The molecule has 0 amide bonds. The Hall–Kier alpha value is -1.77. The standard InChI is InChI=1S/C14H13F2NO4S/c15-9-3-4-12(16)11(6-9)13-7-10(18)8-17(13)22(19,20)14-2-1-5-21-14/h1-6,10,13,18H,7-8H2/t10-,13+/m1/s1. The van der Waals surface area contributed by atoms with Gasteiger partial charge in [0.1, 0.15) is 11.6 Å². The van der Waals surface area contributed by atoms with E-state index in [4.69, 9.17) is 4.42 Å². The molecule has 22 heavy (non-hydrogen) atoms. The van der Waals surface area contributed by atoms with E-state index in [0.29, 0.717) is 0 Å². The molecular formula is C14H13F2NO4S. The van der Waals surface area contributed by atoms with Crippen LogP contribution in [0.15, 0.2) is 46.1 Å². The largest absolute Gasteiger partial charge is 0.452 e. The molecule has 1 aromatic heterocycles. The zero-order valence-corrected chi connectivity index (χ0v) is 12.1. The molecule has 2 atom stereocenters. The van der Waals surface area contributed by atoms with Crippen molar-refractivity contribution in [1.29, 1.82) is 0 Å². The third-order valence-electron chi connectivity index (χ3n) is 3.61. The number of aliphatic hydroxyl groups is 1. The van der Waals surface area contributed by atoms with Crippen molar-refractivity contribution in [1.82, 2.24) is 4.31 Å². The Balaban J connectivity index is 2.05. The molecule has 0 saturated carbocycles. The van der Waals surface area contributed by atoms with E-state index in [1.807, 2.05) is 0 Å². The SMILES string of the molecule is O=S(=O)(c1ccco1)N1C[C@H](O)C[C@H]1c1cc(F)ccc1F. The van der Waals surface area contributed by atoms with Gasteiger partial charge in [0.05, 0.1) is 18.4 Å². The third-order valence-corrected chi connectivity index (χ3v) is 5.37. The van der Waals surface area contributed by atoms with Crippen LogP contribution in [0.25, 0.3) is 0 Å². The maximum atomic E-state index is 14.0. The summed E-state index contributed by atoms with van der Waals surface area (Å²) in [5, 5.41) is 9.50. The van der Waals surface area contributed by atoms with Gasteiger partial charge in [-0.15, -0.1) is 0 Å². The van der Waals surface area contributed by atoms with Crippen molar-refractivity contribution in [3.63, 3.8) is 0 Å². The lowest BCUT2D eigenvalue weighted by Gasteiger charge is -2.23. The Kier molecular flexibility index (Phi) is 3.75. The summed E-state index contributed by atoms with van der Waals surface area (Å²) < 4.78 is 58.2. The van der Waals surface area contributed by atoms with Gasteiger partial charge < -0.3 is 9.52 Å². The molecule has 5 nitrogen and oxygen atoms in total. The monoisotopic (exact) mass is 329 g/mol. The zero-order valence-electron chi connectivity index (χ0n) is 11.3. The van der Waals surface area contributed by atoms with Gasteiger partial charge in [0.15, 0.2) is 0 Å². The normalized spacial score (nSPS) is 23.0. The van der Waals surface area contributed by atoms with Crippen molar-refractivity contribution in [2.75, 3.05) is 6.54 Å². The van der Waals surface area contributed by atoms with Gasteiger partial charge in [-0.25, -0.2) is 17.2 Å². The predicted molar refractivity (Wildman–Crippen MR) is 72.3 cm³/mol. The van der Waals surface area contributed by atoms with Crippen LogP contribution in [0, 0.1) is 11.6 Å². The van der Waals surface area contributed by atoms with Crippen molar-refractivity contribution in [2.45, 2.75) is 23.7 Å². The second-order valence-electron chi connectivity index (χ2n) is 5.08. The molecule has 0 aliphatic carbocycles. The molecule has 1 aliphatic heterocycles. The summed E-state index contributed by atoms with van der Waals surface area (Å²) in [6, 6.07) is 4.53. The number of rotatable bonds is 3. The molecule has 0 radical (unpaired) electrons. The van der Waals surface area contributed by atoms with E-state index in [1.165, 1.54) is 18.4 Å². The van der Waals surface area contributed by atoms with E-state index in [0.717, 1.165) is 22.5 Å². The fourth-order valence-corrected chi connectivity index (χ4v) is 4.19. The number of sulfonamides is 1. The summed E-state index contributed by atoms with van der Waals surface area (Å²) in [7, 11) is -4.04. The molecule has 8 heteroatoms. The molecule has 0 bridgehead atoms. The van der Waals surface area contributed by atoms with Crippen molar-refractivity contribution >= 4 is 10.0 Å². The minimum atomic E-state index is -4.04. The fraction of sp³-hybridized carbons (Fsp3) is 0.286. The smallest absolute Gasteiger partial charge is 0.277 e. The number of hydrogen-bond donors (Lipinski definition) is 1. The van der Waals surface area contributed by atoms with Gasteiger partial charge in [0.25, 0.3) is 10.0 Å². The van der Waals surface area contributed by atoms with Crippen molar-refractivity contribution in [3.8, 4) is 0 Å². The quantitative estimate of drug-likeness (QED) is 0.936. The van der Waals surface area contributed by atoms with Gasteiger partial charge in [-0.3, -0.25) is 0 Å². The fourth-order valence-electron chi connectivity index (χ4n) is 2.63. The van der Waals surface area contributed by atoms with Crippen LogP contribution in [0.3, 0.4) is 0 Å². The Morgan fingerprint density at radius 3 is 2.73 bits per heavy atom. The van der Waals surface area contributed by atoms with Crippen LogP contribution in [0.1, 0.15) is 18.0 Å². The highest BCUT2D eigenvalue weighted by Gasteiger charge is 2.42. The Morgan fingerprint density at radius 2 is 2.05 bits per heavy atom. The maximum absolute atomic E-state index is 14.0. The number of furan rings is 1. The molecule has 2 aromatic rings. The summed E-state index contributed by atoms with van der Waals surface area (Å²) >= 11 is 0. The second-order valence-corrected chi connectivity index (χ2v) is 6.90. The highest BCUT2D eigenvalue weighted by Crippen LogP contribution is 2.38. The first-order valence-electron chi connectivity index (χ1n) is 6.58. The molecule has 1 aliphatic rings. The lowest BCUT2D eigenvalue weighted by Crippen LogP contribution is -2.32. The average Bonchev–Trinajstić information content (AvgIpc) is 3.11. The summed E-state index contributed by atoms with van der Waals surface area (Å²) in [6.45, 7) is -0.205. The number of β-amino-alcohol motifs (C(OH)–C–C–N with tert-alkyl or cyclic N) is 1. The summed E-state index contributed by atoms with van der Waals surface area (Å²) in [4.78, 5) is 0. The second kappa shape index (κ2) is 5.45. The molecule has 0 unspecified atom stereocenters. The van der Waals surface area contributed by atoms with E-state index in [1.54, 1.807) is 0 Å². The molecule has 2 heterocycles. The highest BCUT2D eigenvalue weighted by molar-refractivity contribution is 7.89. The molecule has 118 valence electrons. The van der Waals surface area contributed by atoms with Gasteiger partial charge in [0.2, 0.25) is 5.09 Å². The minimum Gasteiger partial charge on any atom is -0.452 e. The van der Waals surface area contributed by atoms with Gasteiger partial charge in [-0.1, -0.05) is 0 Å². The number of aliphatic hydroxyl groups excluding tert-OH is 1. The Morgan fingerprint density at radius 1 is 1.27 bits per heavy atom. The molecule has 1 fully saturated rings. The number of benzene rings is 1. The molecule has 0 spiro atoms. The lowest BCUT2D eigenvalue weighted by atomic mass is 10.0. The van der Waals surface area contributed by atoms with Gasteiger partial charge in [0, 0.05) is 12.1 Å². The Bertz CT molecular complexity index is 776. The van der Waals surface area contributed by atoms with Crippen LogP contribution in [-0.2, 0) is 10.0 Å². The molecule has 1 aromatic carbocycles. The predicted octanol–water partition coefficient (Wildman–Crippen LogP) is 2.05. The van der Waals surface area contributed by atoms with Crippen molar-refractivity contribution < 1.29 is 26.7 Å². The topological polar surface area (TPSA) is 70.8 Å². The molecule has 1 saturated heterocycles. The van der Waals surface area contributed by atoms with E-state index < -0.39 is 33.8 Å². The van der Waals surface area contributed by atoms with Crippen LogP contribution >= 0.6 is 0 Å². The number of nitrogens with zero attached hydrogens (tertiary/aromatic N) is 1. The van der Waals surface area contributed by atoms with Gasteiger partial charge >= 0.3 is 0 Å². The number of halogens is 2. The Labute approximate surface area is 125 Å². The average molecular weight is 329 g/mol. The van der Waals surface area contributed by atoms with E-state index >= 15 is 0 Å². The lowest BCUT2D eigenvalue weighted by molar-refractivity contribution is 0.188. The molecular weight excluding hydrogens is 316 g/mol.